The first-order valence-corrected chi connectivity index (χ1v) is 12.6. The molecular weight excluding hydrogens is 503 g/mol. The van der Waals surface area contributed by atoms with E-state index in [0.717, 1.165) is 0 Å². The summed E-state index contributed by atoms with van der Waals surface area (Å²) in [7, 11) is -0.974. The summed E-state index contributed by atoms with van der Waals surface area (Å²) in [6, 6.07) is 4.23. The summed E-state index contributed by atoms with van der Waals surface area (Å²) >= 11 is 0. The molecule has 0 spiro atoms. The summed E-state index contributed by atoms with van der Waals surface area (Å²) in [5, 5.41) is 5.85. The largest absolute Gasteiger partial charge is 0.496 e. The van der Waals surface area contributed by atoms with Gasteiger partial charge >= 0.3 is 6.18 Å². The Labute approximate surface area is 207 Å². The highest BCUT2D eigenvalue weighted by Crippen LogP contribution is 2.40. The molecule has 1 saturated heterocycles. The standard InChI is InChI=1S/C22H28F3N5O5S/c1-33-8-5-27-17-12-21(26,29-20-19(17)16(13-28-20)22(23,24)25)15-4-3-14(11-18(15)34-2)36(31,32)30-6-9-35-10-7-30/h3-4,11-12,27H,5-10,13,26H2,1-2H3,(H,28,29). The minimum absolute atomic E-state index is 0.00461. The first-order chi connectivity index (χ1) is 17.0. The number of ether oxygens (including phenoxy) is 3. The third-order valence-corrected chi connectivity index (χ3v) is 7.99. The van der Waals surface area contributed by atoms with Crippen molar-refractivity contribution in [3.05, 3.63) is 46.7 Å². The summed E-state index contributed by atoms with van der Waals surface area (Å²) in [6.45, 7) is 0.982. The minimum Gasteiger partial charge on any atom is -0.496 e. The normalized spacial score (nSPS) is 23.1. The van der Waals surface area contributed by atoms with Crippen molar-refractivity contribution >= 4 is 15.9 Å². The van der Waals surface area contributed by atoms with Crippen molar-refractivity contribution in [2.75, 3.05) is 60.2 Å². The molecule has 1 aromatic carbocycles. The number of hydrogen-bond acceptors (Lipinski definition) is 9. The zero-order valence-electron chi connectivity index (χ0n) is 19.8. The van der Waals surface area contributed by atoms with Gasteiger partial charge in [-0.2, -0.15) is 17.5 Å². The molecule has 3 aliphatic rings. The van der Waals surface area contributed by atoms with E-state index in [9.17, 15) is 21.6 Å². The van der Waals surface area contributed by atoms with Crippen LogP contribution in [0.1, 0.15) is 5.56 Å². The van der Waals surface area contributed by atoms with Crippen LogP contribution in [0.5, 0.6) is 5.75 Å². The number of amidine groups is 1. The first kappa shape index (κ1) is 26.4. The number of morpholine rings is 1. The molecule has 4 N–H and O–H groups in total. The van der Waals surface area contributed by atoms with Crippen LogP contribution in [-0.2, 0) is 25.2 Å². The van der Waals surface area contributed by atoms with E-state index in [0.29, 0.717) is 18.8 Å². The monoisotopic (exact) mass is 531 g/mol. The van der Waals surface area contributed by atoms with Crippen molar-refractivity contribution in [1.82, 2.24) is 14.9 Å². The summed E-state index contributed by atoms with van der Waals surface area (Å²) < 4.78 is 84.3. The van der Waals surface area contributed by atoms with Gasteiger partial charge < -0.3 is 30.6 Å². The van der Waals surface area contributed by atoms with Gasteiger partial charge in [0.25, 0.3) is 0 Å². The number of nitrogens with two attached hydrogens (primary N) is 1. The molecule has 1 unspecified atom stereocenters. The average molecular weight is 532 g/mol. The lowest BCUT2D eigenvalue weighted by Crippen LogP contribution is -2.56. The number of nitrogens with zero attached hydrogens (tertiary/aromatic N) is 2. The molecule has 198 valence electrons. The number of nitrogens with one attached hydrogen (secondary N) is 2. The summed E-state index contributed by atoms with van der Waals surface area (Å²) in [5.41, 5.74) is 4.68. The quantitative estimate of drug-likeness (QED) is 0.421. The number of halogens is 3. The van der Waals surface area contributed by atoms with Crippen LogP contribution in [0.15, 0.2) is 51.0 Å². The summed E-state index contributed by atoms with van der Waals surface area (Å²) in [4.78, 5) is 4.05. The third kappa shape index (κ3) is 4.95. The van der Waals surface area contributed by atoms with Gasteiger partial charge in [-0.15, -0.1) is 0 Å². The molecule has 14 heteroatoms. The highest BCUT2D eigenvalue weighted by molar-refractivity contribution is 7.89. The molecule has 1 fully saturated rings. The highest BCUT2D eigenvalue weighted by Gasteiger charge is 2.45. The van der Waals surface area contributed by atoms with Gasteiger partial charge in [0.15, 0.2) is 0 Å². The van der Waals surface area contributed by atoms with Crippen molar-refractivity contribution in [1.29, 1.82) is 0 Å². The van der Waals surface area contributed by atoms with Crippen LogP contribution in [0, 0.1) is 0 Å². The van der Waals surface area contributed by atoms with Crippen LogP contribution < -0.4 is 21.1 Å². The molecule has 3 aliphatic heterocycles. The molecule has 4 rings (SSSR count). The van der Waals surface area contributed by atoms with E-state index >= 15 is 0 Å². The fraction of sp³-hybridized carbons (Fsp3) is 0.500. The van der Waals surface area contributed by atoms with Crippen LogP contribution >= 0.6 is 0 Å². The Balaban J connectivity index is 1.76. The second-order valence-electron chi connectivity index (χ2n) is 8.37. The van der Waals surface area contributed by atoms with Crippen LogP contribution in [0.2, 0.25) is 0 Å². The zero-order chi connectivity index (χ0) is 26.1. The molecular formula is C22H28F3N5O5S. The molecule has 0 saturated carbocycles. The van der Waals surface area contributed by atoms with Crippen molar-refractivity contribution < 1.29 is 35.8 Å². The number of rotatable bonds is 8. The van der Waals surface area contributed by atoms with E-state index in [1.807, 2.05) is 0 Å². The Morgan fingerprint density at radius 2 is 2.00 bits per heavy atom. The van der Waals surface area contributed by atoms with E-state index in [1.165, 1.54) is 42.8 Å². The highest BCUT2D eigenvalue weighted by atomic mass is 32.2. The van der Waals surface area contributed by atoms with Gasteiger partial charge in [-0.25, -0.2) is 8.42 Å². The van der Waals surface area contributed by atoms with Crippen molar-refractivity contribution in [2.24, 2.45) is 10.7 Å². The first-order valence-electron chi connectivity index (χ1n) is 11.2. The maximum Gasteiger partial charge on any atom is 0.415 e. The second-order valence-corrected chi connectivity index (χ2v) is 10.3. The Kier molecular flexibility index (Phi) is 7.35. The van der Waals surface area contributed by atoms with Crippen molar-refractivity contribution in [3.63, 3.8) is 0 Å². The Morgan fingerprint density at radius 1 is 1.28 bits per heavy atom. The number of methoxy groups -OCH3 is 2. The number of hydrogen-bond donors (Lipinski definition) is 3. The van der Waals surface area contributed by atoms with Gasteiger partial charge in [-0.1, -0.05) is 0 Å². The maximum absolute atomic E-state index is 13.7. The van der Waals surface area contributed by atoms with E-state index < -0.39 is 34.0 Å². The van der Waals surface area contributed by atoms with Crippen LogP contribution in [0.25, 0.3) is 0 Å². The molecule has 0 bridgehead atoms. The second kappa shape index (κ2) is 10.0. The number of benzene rings is 1. The molecule has 10 nitrogen and oxygen atoms in total. The van der Waals surface area contributed by atoms with Crippen molar-refractivity contribution in [3.8, 4) is 5.75 Å². The number of aliphatic imine (C=N–C) groups is 1. The van der Waals surface area contributed by atoms with E-state index in [1.54, 1.807) is 0 Å². The summed E-state index contributed by atoms with van der Waals surface area (Å²) in [5.74, 6) is 0.133. The lowest BCUT2D eigenvalue weighted by molar-refractivity contribution is -0.0922. The fourth-order valence-electron chi connectivity index (χ4n) is 4.30. The fourth-order valence-corrected chi connectivity index (χ4v) is 5.72. The average Bonchev–Trinajstić information content (AvgIpc) is 3.28. The molecule has 1 atom stereocenters. The van der Waals surface area contributed by atoms with Gasteiger partial charge in [-0.3, -0.25) is 4.99 Å². The molecule has 3 heterocycles. The SMILES string of the molecule is COCCNC1=CC(N)(c2ccc(S(=O)(=O)N3CCOCC3)cc2OC)NC2=NCC(C(F)(F)F)=C12. The number of fused-ring (bicyclic) bond motifs is 1. The Bertz CT molecular complexity index is 1210. The van der Waals surface area contributed by atoms with Crippen LogP contribution in [0.4, 0.5) is 13.2 Å². The van der Waals surface area contributed by atoms with Gasteiger partial charge in [0.2, 0.25) is 10.0 Å². The van der Waals surface area contributed by atoms with Gasteiger partial charge in [0, 0.05) is 49.6 Å². The Morgan fingerprint density at radius 3 is 2.64 bits per heavy atom. The molecule has 1 aromatic rings. The summed E-state index contributed by atoms with van der Waals surface area (Å²) in [6.07, 6.45) is -3.16. The predicted octanol–water partition coefficient (Wildman–Crippen LogP) is 0.822. The van der Waals surface area contributed by atoms with E-state index in [2.05, 4.69) is 15.6 Å². The lowest BCUT2D eigenvalue weighted by Gasteiger charge is -2.36. The minimum atomic E-state index is -4.58. The zero-order valence-corrected chi connectivity index (χ0v) is 20.6. The third-order valence-electron chi connectivity index (χ3n) is 6.09. The molecule has 0 aromatic heterocycles. The van der Waals surface area contributed by atoms with Gasteiger partial charge in [0.05, 0.1) is 43.9 Å². The number of sulfonamides is 1. The maximum atomic E-state index is 13.7. The van der Waals surface area contributed by atoms with Crippen molar-refractivity contribution in [2.45, 2.75) is 16.7 Å². The molecule has 36 heavy (non-hydrogen) atoms. The molecule has 0 aliphatic carbocycles. The molecule has 0 radical (unpaired) electrons. The van der Waals surface area contributed by atoms with Crippen LogP contribution in [-0.4, -0.2) is 85.0 Å². The smallest absolute Gasteiger partial charge is 0.415 e. The van der Waals surface area contributed by atoms with Gasteiger partial charge in [-0.05, 0) is 18.2 Å². The molecule has 0 amide bonds. The Hall–Kier alpha value is -2.65. The number of alkyl halides is 3. The van der Waals surface area contributed by atoms with E-state index in [-0.39, 0.29) is 54.0 Å². The lowest BCUT2D eigenvalue weighted by atomic mass is 9.90. The van der Waals surface area contributed by atoms with Gasteiger partial charge in [0.1, 0.15) is 17.2 Å². The van der Waals surface area contributed by atoms with Crippen LogP contribution in [0.3, 0.4) is 0 Å². The topological polar surface area (TPSA) is 128 Å². The predicted molar refractivity (Wildman–Crippen MR) is 125 cm³/mol. The van der Waals surface area contributed by atoms with E-state index in [4.69, 9.17) is 19.9 Å².